The zero-order chi connectivity index (χ0) is 22.5. The van der Waals surface area contributed by atoms with Crippen molar-refractivity contribution in [3.05, 3.63) is 36.5 Å². The topological polar surface area (TPSA) is 76.1 Å². The first-order valence-electron chi connectivity index (χ1n) is 11.4. The van der Waals surface area contributed by atoms with Crippen molar-refractivity contribution in [2.24, 2.45) is 0 Å². The Bertz CT molecular complexity index is 518. The molecule has 1 fully saturated rings. The summed E-state index contributed by atoms with van der Waals surface area (Å²) < 4.78 is 9.60. The zero-order valence-corrected chi connectivity index (χ0v) is 19.1. The molecule has 1 aliphatic rings. The number of hydrogen-bond acceptors (Lipinski definition) is 4. The Kier molecular flexibility index (Phi) is 19.1. The number of epoxide rings is 1. The molecule has 0 saturated carbocycles. The molecule has 5 nitrogen and oxygen atoms in total. The summed E-state index contributed by atoms with van der Waals surface area (Å²) in [4.78, 5) is 21.0. The lowest BCUT2D eigenvalue weighted by molar-refractivity contribution is -0.139. The molecule has 172 valence electrons. The van der Waals surface area contributed by atoms with Gasteiger partial charge in [0.25, 0.3) is 0 Å². The fraction of sp³-hybridized carbons (Fsp3) is 0.680. The van der Waals surface area contributed by atoms with Crippen molar-refractivity contribution in [3.8, 4) is 0 Å². The van der Waals surface area contributed by atoms with Gasteiger partial charge in [-0.2, -0.15) is 0 Å². The zero-order valence-electron chi connectivity index (χ0n) is 19.1. The number of carboxylic acids is 1. The van der Waals surface area contributed by atoms with Crippen molar-refractivity contribution in [1.29, 1.82) is 0 Å². The van der Waals surface area contributed by atoms with Gasteiger partial charge in [0, 0.05) is 12.0 Å². The van der Waals surface area contributed by atoms with E-state index in [0.29, 0.717) is 25.2 Å². The minimum atomic E-state index is -0.671. The van der Waals surface area contributed by atoms with Crippen LogP contribution in [0.3, 0.4) is 0 Å². The third-order valence-electron chi connectivity index (χ3n) is 4.49. The molecule has 0 amide bonds. The molecule has 1 aliphatic heterocycles. The monoisotopic (exact) mass is 422 g/mol. The summed E-state index contributed by atoms with van der Waals surface area (Å²) in [6.45, 7) is 8.37. The Balaban J connectivity index is 0.000000696. The minimum absolute atomic E-state index is 0.142. The van der Waals surface area contributed by atoms with E-state index in [-0.39, 0.29) is 12.1 Å². The molecule has 1 N–H and O–H groups in total. The van der Waals surface area contributed by atoms with Crippen LogP contribution in [0.2, 0.25) is 0 Å². The number of aliphatic carboxylic acids is 1. The van der Waals surface area contributed by atoms with Crippen molar-refractivity contribution < 1.29 is 24.2 Å². The number of carbonyl (C=O) groups is 2. The van der Waals surface area contributed by atoms with Gasteiger partial charge in [0.05, 0.1) is 6.61 Å². The van der Waals surface area contributed by atoms with Gasteiger partial charge >= 0.3 is 11.9 Å². The quantitative estimate of drug-likeness (QED) is 0.0966. The molecule has 30 heavy (non-hydrogen) atoms. The van der Waals surface area contributed by atoms with Gasteiger partial charge in [-0.15, -0.1) is 0 Å². The first-order valence-corrected chi connectivity index (χ1v) is 11.4. The molecule has 0 bridgehead atoms. The summed E-state index contributed by atoms with van der Waals surface area (Å²) in [5.74, 6) is -1.01. The van der Waals surface area contributed by atoms with Gasteiger partial charge < -0.3 is 14.6 Å². The summed E-state index contributed by atoms with van der Waals surface area (Å²) in [7, 11) is 0. The van der Waals surface area contributed by atoms with Crippen LogP contribution in [0.5, 0.6) is 0 Å². The van der Waals surface area contributed by atoms with E-state index in [9.17, 15) is 9.59 Å². The summed E-state index contributed by atoms with van der Waals surface area (Å²) in [6.07, 6.45) is 22.4. The average molecular weight is 423 g/mol. The number of rotatable bonds is 17. The van der Waals surface area contributed by atoms with Crippen LogP contribution in [0, 0.1) is 0 Å². The van der Waals surface area contributed by atoms with Crippen LogP contribution in [-0.4, -0.2) is 36.4 Å². The van der Waals surface area contributed by atoms with Crippen LogP contribution in [0.25, 0.3) is 0 Å². The van der Waals surface area contributed by atoms with E-state index < -0.39 is 5.97 Å². The molecular weight excluding hydrogens is 380 g/mol. The molecular formula is C25H42O5. The Morgan fingerprint density at radius 3 is 2.10 bits per heavy atom. The van der Waals surface area contributed by atoms with Crippen LogP contribution < -0.4 is 0 Å². The lowest BCUT2D eigenvalue weighted by atomic mass is 10.1. The predicted octanol–water partition coefficient (Wildman–Crippen LogP) is 6.39. The van der Waals surface area contributed by atoms with E-state index in [0.717, 1.165) is 25.7 Å². The molecule has 1 atom stereocenters. The second kappa shape index (κ2) is 20.4. The van der Waals surface area contributed by atoms with E-state index in [2.05, 4.69) is 37.8 Å². The van der Waals surface area contributed by atoms with E-state index in [1.165, 1.54) is 44.9 Å². The van der Waals surface area contributed by atoms with Crippen molar-refractivity contribution in [2.45, 2.75) is 97.0 Å². The maximum absolute atomic E-state index is 10.7. The molecule has 1 saturated heterocycles. The van der Waals surface area contributed by atoms with Crippen molar-refractivity contribution in [2.75, 3.05) is 13.2 Å². The first kappa shape index (κ1) is 28.1. The lowest BCUT2D eigenvalue weighted by Crippen LogP contribution is -2.09. The summed E-state index contributed by atoms with van der Waals surface area (Å²) in [5.41, 5.74) is 0.431. The Morgan fingerprint density at radius 2 is 1.57 bits per heavy atom. The van der Waals surface area contributed by atoms with Gasteiger partial charge in [-0.3, -0.25) is 4.79 Å². The molecule has 0 spiro atoms. The standard InChI is InChI=1S/C18H32O2.C7H10O3/c1-2-3-4-5-6-7-8-9-10-11-12-13-14-15-16-17-18(19)20;1-5(2)7(8)10-4-6-3-9-6/h6-7,9-10H,2-5,8,11-17H2,1H3,(H,19,20);6H,1,3-4H2,2H3. The lowest BCUT2D eigenvalue weighted by Gasteiger charge is -1.99. The number of unbranched alkanes of at least 4 members (excludes halogenated alkanes) is 8. The van der Waals surface area contributed by atoms with E-state index in [1.54, 1.807) is 6.92 Å². The number of allylic oxidation sites excluding steroid dienone is 4. The maximum atomic E-state index is 10.7. The molecule has 1 heterocycles. The van der Waals surface area contributed by atoms with E-state index in [1.807, 2.05) is 0 Å². The minimum Gasteiger partial charge on any atom is -0.481 e. The van der Waals surface area contributed by atoms with Crippen molar-refractivity contribution in [3.63, 3.8) is 0 Å². The number of carboxylic acid groups (broad SMARTS) is 1. The second-order valence-corrected chi connectivity index (χ2v) is 7.71. The van der Waals surface area contributed by atoms with Gasteiger partial charge in [-0.1, -0.05) is 69.9 Å². The van der Waals surface area contributed by atoms with Crippen molar-refractivity contribution in [1.82, 2.24) is 0 Å². The Hall–Kier alpha value is -1.88. The van der Waals surface area contributed by atoms with Gasteiger partial charge in [-0.05, 0) is 45.4 Å². The van der Waals surface area contributed by atoms with E-state index >= 15 is 0 Å². The summed E-state index contributed by atoms with van der Waals surface area (Å²) in [5, 5.41) is 8.50. The molecule has 5 heteroatoms. The number of esters is 1. The van der Waals surface area contributed by atoms with Crippen LogP contribution in [-0.2, 0) is 19.1 Å². The third kappa shape index (κ3) is 22.4. The summed E-state index contributed by atoms with van der Waals surface area (Å²) >= 11 is 0. The number of ether oxygens (including phenoxy) is 2. The largest absolute Gasteiger partial charge is 0.481 e. The van der Waals surface area contributed by atoms with E-state index in [4.69, 9.17) is 14.6 Å². The van der Waals surface area contributed by atoms with Crippen LogP contribution in [0.4, 0.5) is 0 Å². The average Bonchev–Trinajstić information content (AvgIpc) is 3.54. The highest BCUT2D eigenvalue weighted by Crippen LogP contribution is 2.09. The van der Waals surface area contributed by atoms with Gasteiger partial charge in [0.2, 0.25) is 0 Å². The first-order chi connectivity index (χ1) is 14.5. The van der Waals surface area contributed by atoms with Crippen LogP contribution in [0.1, 0.15) is 90.9 Å². The van der Waals surface area contributed by atoms with Gasteiger partial charge in [0.15, 0.2) is 0 Å². The normalized spacial score (nSPS) is 15.1. The molecule has 0 radical (unpaired) electrons. The number of carbonyl (C=O) groups excluding carboxylic acids is 1. The maximum Gasteiger partial charge on any atom is 0.333 e. The molecule has 1 rings (SSSR count). The molecule has 0 aliphatic carbocycles. The third-order valence-corrected chi connectivity index (χ3v) is 4.49. The highest BCUT2D eigenvalue weighted by molar-refractivity contribution is 5.86. The Labute approximate surface area is 183 Å². The van der Waals surface area contributed by atoms with Crippen LogP contribution in [0.15, 0.2) is 36.5 Å². The highest BCUT2D eigenvalue weighted by atomic mass is 16.6. The highest BCUT2D eigenvalue weighted by Gasteiger charge is 2.24. The molecule has 0 aromatic rings. The van der Waals surface area contributed by atoms with Gasteiger partial charge in [0.1, 0.15) is 12.7 Å². The SMILES string of the molecule is C=C(C)C(=O)OCC1CO1.CCCCCC=CCC=CCCCCCCCC(=O)O. The summed E-state index contributed by atoms with van der Waals surface area (Å²) in [6, 6.07) is 0. The molecule has 0 aromatic heterocycles. The second-order valence-electron chi connectivity index (χ2n) is 7.71. The number of hydrogen-bond donors (Lipinski definition) is 1. The van der Waals surface area contributed by atoms with Gasteiger partial charge in [-0.25, -0.2) is 4.79 Å². The molecule has 1 unspecified atom stereocenters. The smallest absolute Gasteiger partial charge is 0.333 e. The Morgan fingerprint density at radius 1 is 1.00 bits per heavy atom. The fourth-order valence-corrected chi connectivity index (χ4v) is 2.54. The van der Waals surface area contributed by atoms with Crippen LogP contribution >= 0.6 is 0 Å². The fourth-order valence-electron chi connectivity index (χ4n) is 2.54. The molecule has 0 aromatic carbocycles. The van der Waals surface area contributed by atoms with Crippen molar-refractivity contribution >= 4 is 11.9 Å². The predicted molar refractivity (Wildman–Crippen MR) is 123 cm³/mol.